The Kier molecular flexibility index (Phi) is 8.59. The zero-order chi connectivity index (χ0) is 15.8. The number of methoxy groups -OCH3 is 1. The Bertz CT molecular complexity index is 420. The highest BCUT2D eigenvalue weighted by Crippen LogP contribution is 2.16. The molecular weight excluding hydrogens is 286 g/mol. The van der Waals surface area contributed by atoms with Crippen LogP contribution in [-0.2, 0) is 24.4 Å². The lowest BCUT2D eigenvalue weighted by Gasteiger charge is -2.19. The van der Waals surface area contributed by atoms with Crippen LogP contribution in [0.3, 0.4) is 0 Å². The summed E-state index contributed by atoms with van der Waals surface area (Å²) in [6.07, 6.45) is 1.05. The molecule has 20 heavy (non-hydrogen) atoms. The summed E-state index contributed by atoms with van der Waals surface area (Å²) >= 11 is 0. The van der Waals surface area contributed by atoms with Crippen LogP contribution in [0.25, 0.3) is 0 Å². The van der Waals surface area contributed by atoms with Crippen molar-refractivity contribution in [2.75, 3.05) is 19.4 Å². The maximum Gasteiger partial charge on any atom is 0.266 e. The summed E-state index contributed by atoms with van der Waals surface area (Å²) in [5.74, 6) is -1.03. The van der Waals surface area contributed by atoms with Gasteiger partial charge in [0.1, 0.15) is 5.78 Å². The average Bonchev–Trinajstić information content (AvgIpc) is 2.31. The highest BCUT2D eigenvalue weighted by atomic mass is 32.2. The van der Waals surface area contributed by atoms with Gasteiger partial charge in [-0.1, -0.05) is 0 Å². The van der Waals surface area contributed by atoms with Gasteiger partial charge in [-0.05, 0) is 26.7 Å². The van der Waals surface area contributed by atoms with E-state index in [0.29, 0.717) is 12.8 Å². The minimum atomic E-state index is -4.06. The molecule has 0 aliphatic rings. The van der Waals surface area contributed by atoms with E-state index in [-0.39, 0.29) is 36.7 Å². The number of ketones is 1. The van der Waals surface area contributed by atoms with Crippen LogP contribution >= 0.6 is 0 Å². The van der Waals surface area contributed by atoms with E-state index >= 15 is 0 Å². The van der Waals surface area contributed by atoms with Crippen LogP contribution in [0.2, 0.25) is 0 Å². The van der Waals surface area contributed by atoms with Gasteiger partial charge in [-0.15, -0.1) is 0 Å². The molecule has 2 atom stereocenters. The van der Waals surface area contributed by atoms with Gasteiger partial charge in [-0.25, -0.2) is 0 Å². The Morgan fingerprint density at radius 2 is 1.95 bits per heavy atom. The predicted molar refractivity (Wildman–Crippen MR) is 73.9 cm³/mol. The Balaban J connectivity index is 3.97. The van der Waals surface area contributed by atoms with Crippen molar-refractivity contribution in [1.82, 2.24) is 5.32 Å². The van der Waals surface area contributed by atoms with Gasteiger partial charge in [0, 0.05) is 26.0 Å². The van der Waals surface area contributed by atoms with Crippen LogP contribution in [0.5, 0.6) is 0 Å². The fourth-order valence-corrected chi connectivity index (χ4v) is 2.18. The molecule has 118 valence electrons. The van der Waals surface area contributed by atoms with Crippen LogP contribution < -0.4 is 5.32 Å². The van der Waals surface area contributed by atoms with E-state index < -0.39 is 15.9 Å². The normalized spacial score (nSPS) is 14.6. The Labute approximate surface area is 119 Å². The molecule has 0 heterocycles. The number of hydrogen-bond donors (Lipinski definition) is 2. The molecule has 2 unspecified atom stereocenters. The molecule has 0 rings (SSSR count). The minimum Gasteiger partial charge on any atom is -0.381 e. The van der Waals surface area contributed by atoms with Crippen molar-refractivity contribution in [3.63, 3.8) is 0 Å². The van der Waals surface area contributed by atoms with Crippen molar-refractivity contribution in [3.05, 3.63) is 0 Å². The molecule has 1 amide bonds. The lowest BCUT2D eigenvalue weighted by Crippen LogP contribution is -2.29. The lowest BCUT2D eigenvalue weighted by molar-refractivity contribution is -0.126. The van der Waals surface area contributed by atoms with Crippen molar-refractivity contribution in [1.29, 1.82) is 0 Å². The molecule has 0 radical (unpaired) electrons. The molecule has 0 aliphatic carbocycles. The van der Waals surface area contributed by atoms with Gasteiger partial charge in [0.15, 0.2) is 0 Å². The van der Waals surface area contributed by atoms with Gasteiger partial charge in [0.25, 0.3) is 10.1 Å². The molecule has 2 N–H and O–H groups in total. The highest BCUT2D eigenvalue weighted by Gasteiger charge is 2.21. The number of carbonyl (C=O) groups is 2. The van der Waals surface area contributed by atoms with Gasteiger partial charge in [0.2, 0.25) is 5.91 Å². The fourth-order valence-electron chi connectivity index (χ4n) is 1.82. The summed E-state index contributed by atoms with van der Waals surface area (Å²) in [4.78, 5) is 22.8. The molecule has 0 aromatic heterocycles. The van der Waals surface area contributed by atoms with Crippen molar-refractivity contribution in [3.8, 4) is 0 Å². The molecule has 0 bridgehead atoms. The molecule has 0 spiro atoms. The zero-order valence-corrected chi connectivity index (χ0v) is 12.9. The molecule has 0 aromatic rings. The number of ether oxygens (including phenoxy) is 1. The first-order chi connectivity index (χ1) is 9.17. The highest BCUT2D eigenvalue weighted by molar-refractivity contribution is 7.85. The van der Waals surface area contributed by atoms with Gasteiger partial charge in [-0.3, -0.25) is 14.1 Å². The summed E-state index contributed by atoms with van der Waals surface area (Å²) in [6.45, 7) is 3.17. The van der Waals surface area contributed by atoms with E-state index in [4.69, 9.17) is 9.29 Å². The molecular formula is C12H23NO6S. The topological polar surface area (TPSA) is 110 Å². The third-order valence-corrected chi connectivity index (χ3v) is 3.78. The van der Waals surface area contributed by atoms with Crippen molar-refractivity contribution in [2.24, 2.45) is 5.92 Å². The molecule has 0 aliphatic heterocycles. The molecule has 0 saturated carbocycles. The van der Waals surface area contributed by atoms with E-state index in [1.165, 1.54) is 14.0 Å². The third kappa shape index (κ3) is 9.00. The van der Waals surface area contributed by atoms with Crippen molar-refractivity contribution >= 4 is 21.8 Å². The first kappa shape index (κ1) is 19.0. The zero-order valence-electron chi connectivity index (χ0n) is 12.1. The second kappa shape index (κ2) is 9.04. The summed E-state index contributed by atoms with van der Waals surface area (Å²) < 4.78 is 34.5. The van der Waals surface area contributed by atoms with E-state index in [9.17, 15) is 18.0 Å². The lowest BCUT2D eigenvalue weighted by atomic mass is 9.93. The Morgan fingerprint density at radius 3 is 2.40 bits per heavy atom. The quantitative estimate of drug-likeness (QED) is 0.565. The minimum absolute atomic E-state index is 0.0196. The number of nitrogens with one attached hydrogen (secondary N) is 1. The van der Waals surface area contributed by atoms with Crippen molar-refractivity contribution < 1.29 is 27.3 Å². The predicted octanol–water partition coefficient (Wildman–Crippen LogP) is 0.401. The number of amides is 1. The Hall–Kier alpha value is -0.990. The summed E-state index contributed by atoms with van der Waals surface area (Å²) in [6, 6.07) is 0. The van der Waals surface area contributed by atoms with Crippen molar-refractivity contribution in [2.45, 2.75) is 39.2 Å². The smallest absolute Gasteiger partial charge is 0.266 e. The van der Waals surface area contributed by atoms with Crippen LogP contribution in [-0.4, -0.2) is 50.2 Å². The van der Waals surface area contributed by atoms with E-state index in [2.05, 4.69) is 5.32 Å². The van der Waals surface area contributed by atoms with E-state index in [1.54, 1.807) is 6.92 Å². The van der Waals surface area contributed by atoms with E-state index in [0.717, 1.165) is 0 Å². The van der Waals surface area contributed by atoms with Gasteiger partial charge in [-0.2, -0.15) is 8.42 Å². The van der Waals surface area contributed by atoms with Crippen LogP contribution in [0.1, 0.15) is 33.1 Å². The van der Waals surface area contributed by atoms with Crippen LogP contribution in [0, 0.1) is 5.92 Å². The maximum atomic E-state index is 11.4. The summed E-state index contributed by atoms with van der Waals surface area (Å²) in [7, 11) is -2.53. The Morgan fingerprint density at radius 1 is 1.35 bits per heavy atom. The molecule has 0 fully saturated rings. The second-order valence-electron chi connectivity index (χ2n) is 4.69. The monoisotopic (exact) mass is 309 g/mol. The molecule has 0 aromatic carbocycles. The summed E-state index contributed by atoms with van der Waals surface area (Å²) in [5.41, 5.74) is 0. The third-order valence-electron chi connectivity index (χ3n) is 3.06. The number of carbonyl (C=O) groups excluding carboxylic acids is 2. The summed E-state index contributed by atoms with van der Waals surface area (Å²) in [5, 5.41) is 2.39. The standard InChI is InChI=1S/C12H23NO6S/c1-9(14)11(10(2)19-3)5-4-6-12(15)13-7-8-20(16,17)18/h10-11H,4-8H2,1-3H3,(H,13,15)(H,16,17,18). The van der Waals surface area contributed by atoms with E-state index in [1.807, 2.05) is 0 Å². The van der Waals surface area contributed by atoms with Gasteiger partial charge < -0.3 is 10.1 Å². The van der Waals surface area contributed by atoms with Gasteiger partial charge in [0.05, 0.1) is 11.9 Å². The average molecular weight is 309 g/mol. The maximum absolute atomic E-state index is 11.4. The first-order valence-corrected chi connectivity index (χ1v) is 8.03. The second-order valence-corrected chi connectivity index (χ2v) is 6.26. The SMILES string of the molecule is COC(C)C(CCCC(=O)NCCS(=O)(=O)O)C(C)=O. The first-order valence-electron chi connectivity index (χ1n) is 6.42. The number of rotatable bonds is 10. The molecule has 0 saturated heterocycles. The number of Topliss-reactive ketones (excluding diaryl/α,β-unsaturated/α-hetero) is 1. The molecule has 7 nitrogen and oxygen atoms in total. The largest absolute Gasteiger partial charge is 0.381 e. The fraction of sp³-hybridized carbons (Fsp3) is 0.833. The van der Waals surface area contributed by atoms with Gasteiger partial charge >= 0.3 is 0 Å². The number of hydrogen-bond acceptors (Lipinski definition) is 5. The van der Waals surface area contributed by atoms with Crippen LogP contribution in [0.15, 0.2) is 0 Å². The van der Waals surface area contributed by atoms with Crippen LogP contribution in [0.4, 0.5) is 0 Å². The molecule has 8 heteroatoms.